The third-order valence-corrected chi connectivity index (χ3v) is 17.0. The van der Waals surface area contributed by atoms with Gasteiger partial charge in [0.2, 0.25) is 47.3 Å². The molecule has 20 nitrogen and oxygen atoms in total. The standard InChI is InChI=1S/C64H86N12O8/c65-55-47(41-67-39-43-17-7-3-8-18-43)27-29-49-31-33-51(75(49)63(55)83)59(79)73-57(45-21-11-5-12-22-45)61(81)71-37-35-69-53(77)25-15-1-2-16-26-54(78)70-36-38-72-62(82)58(46-23-13-6-14-24-46)74-60(80)52-34-32-50-30-28-48(56(66)64(84)76(50)52)42-68-40-44-19-9-4-10-20-44/h3-14,17-24,47-52,55-58,67-68H,1-2,15-16,25-42,65-66H2,(H,69,77)(H,70,78)(H,71,81)(H,72,82)(H,73,79)(H,74,80)/t47-,48-,49+,50+,51+,52+,55+,56+,57+,58+/m1/s1. The summed E-state index contributed by atoms with van der Waals surface area (Å²) in [6.45, 7) is 3.12. The van der Waals surface area contributed by atoms with Crippen molar-refractivity contribution < 1.29 is 38.4 Å². The number of benzene rings is 4. The largest absolute Gasteiger partial charge is 0.354 e. The van der Waals surface area contributed by atoms with Crippen LogP contribution in [-0.2, 0) is 51.4 Å². The van der Waals surface area contributed by atoms with Crippen LogP contribution in [0.1, 0.15) is 124 Å². The second-order valence-corrected chi connectivity index (χ2v) is 22.8. The molecule has 12 N–H and O–H groups in total. The fraction of sp³-hybridized carbons (Fsp3) is 0.500. The monoisotopic (exact) mass is 1150 g/mol. The quantitative estimate of drug-likeness (QED) is 0.0351. The van der Waals surface area contributed by atoms with E-state index in [1.165, 1.54) is 0 Å². The Morgan fingerprint density at radius 3 is 1.17 bits per heavy atom. The number of unbranched alkanes of at least 4 members (excludes halogenated alkanes) is 3. The van der Waals surface area contributed by atoms with Crippen molar-refractivity contribution in [2.24, 2.45) is 23.3 Å². The third kappa shape index (κ3) is 17.5. The van der Waals surface area contributed by atoms with E-state index in [0.29, 0.717) is 75.8 Å². The van der Waals surface area contributed by atoms with Crippen LogP contribution in [0.25, 0.3) is 0 Å². The highest BCUT2D eigenvalue weighted by Crippen LogP contribution is 2.35. The lowest BCUT2D eigenvalue weighted by Crippen LogP contribution is -2.55. The van der Waals surface area contributed by atoms with E-state index in [1.54, 1.807) is 58.3 Å². The first-order chi connectivity index (χ1) is 40.9. The molecular formula is C64H86N12O8. The molecule has 4 heterocycles. The maximum atomic E-state index is 14.0. The van der Waals surface area contributed by atoms with Crippen molar-refractivity contribution in [3.8, 4) is 0 Å². The van der Waals surface area contributed by atoms with Crippen LogP contribution in [0.5, 0.6) is 0 Å². The lowest BCUT2D eigenvalue weighted by Gasteiger charge is -2.31. The number of fused-ring (bicyclic) bond motifs is 2. The van der Waals surface area contributed by atoms with Gasteiger partial charge < -0.3 is 63.8 Å². The maximum Gasteiger partial charge on any atom is 0.247 e. The Bertz CT molecular complexity index is 2610. The topological polar surface area (TPSA) is 291 Å². The van der Waals surface area contributed by atoms with Crippen molar-refractivity contribution in [3.05, 3.63) is 144 Å². The number of carbonyl (C=O) groups is 8. The van der Waals surface area contributed by atoms with E-state index in [1.807, 2.05) is 72.8 Å². The molecule has 0 saturated carbocycles. The van der Waals surface area contributed by atoms with E-state index in [4.69, 9.17) is 11.5 Å². The van der Waals surface area contributed by atoms with E-state index in [-0.39, 0.29) is 86.6 Å². The molecule has 0 aliphatic carbocycles. The fourth-order valence-corrected chi connectivity index (χ4v) is 12.3. The van der Waals surface area contributed by atoms with E-state index in [9.17, 15) is 38.4 Å². The highest BCUT2D eigenvalue weighted by atomic mass is 16.2. The molecule has 0 bridgehead atoms. The summed E-state index contributed by atoms with van der Waals surface area (Å²) in [5, 5.41) is 24.2. The smallest absolute Gasteiger partial charge is 0.247 e. The molecule has 20 heteroatoms. The second-order valence-electron chi connectivity index (χ2n) is 22.8. The van der Waals surface area contributed by atoms with Crippen LogP contribution in [0.4, 0.5) is 0 Å². The van der Waals surface area contributed by atoms with Gasteiger partial charge in [-0.2, -0.15) is 0 Å². The number of hydrogen-bond acceptors (Lipinski definition) is 12. The minimum Gasteiger partial charge on any atom is -0.354 e. The molecule has 0 radical (unpaired) electrons. The van der Waals surface area contributed by atoms with Crippen LogP contribution < -0.4 is 54.0 Å². The van der Waals surface area contributed by atoms with Crippen LogP contribution in [-0.4, -0.2) is 133 Å². The zero-order chi connectivity index (χ0) is 59.2. The van der Waals surface area contributed by atoms with Crippen molar-refractivity contribution in [1.29, 1.82) is 0 Å². The predicted octanol–water partition coefficient (Wildman–Crippen LogP) is 3.28. The molecule has 8 amide bonds. The number of rotatable bonds is 29. The Hall–Kier alpha value is -7.52. The summed E-state index contributed by atoms with van der Waals surface area (Å²) in [5.41, 5.74) is 16.7. The Balaban J connectivity index is 0.690. The van der Waals surface area contributed by atoms with Gasteiger partial charge in [0.15, 0.2) is 0 Å². The highest BCUT2D eigenvalue weighted by molar-refractivity contribution is 5.95. The second kappa shape index (κ2) is 31.9. The van der Waals surface area contributed by atoms with Crippen molar-refractivity contribution in [2.75, 3.05) is 39.3 Å². The zero-order valence-electron chi connectivity index (χ0n) is 48.2. The van der Waals surface area contributed by atoms with Gasteiger partial charge in [0.1, 0.15) is 24.2 Å². The summed E-state index contributed by atoms with van der Waals surface area (Å²) < 4.78 is 0. The first-order valence-electron chi connectivity index (χ1n) is 30.3. The normalized spacial score (nSPS) is 22.7. The van der Waals surface area contributed by atoms with Gasteiger partial charge in [-0.15, -0.1) is 0 Å². The first kappa shape index (κ1) is 62.5. The number of nitrogens with one attached hydrogen (secondary N) is 8. The highest BCUT2D eigenvalue weighted by Gasteiger charge is 2.48. The number of carbonyl (C=O) groups excluding carboxylic acids is 8. The molecule has 84 heavy (non-hydrogen) atoms. The lowest BCUT2D eigenvalue weighted by molar-refractivity contribution is -0.142. The molecule has 0 aromatic heterocycles. The van der Waals surface area contributed by atoms with Crippen LogP contribution in [0.3, 0.4) is 0 Å². The van der Waals surface area contributed by atoms with Gasteiger partial charge in [-0.3, -0.25) is 38.4 Å². The summed E-state index contributed by atoms with van der Waals surface area (Å²) in [5.74, 6) is -2.69. The van der Waals surface area contributed by atoms with Crippen molar-refractivity contribution >= 4 is 47.3 Å². The summed E-state index contributed by atoms with van der Waals surface area (Å²) in [4.78, 5) is 112. The summed E-state index contributed by atoms with van der Waals surface area (Å²) >= 11 is 0. The maximum absolute atomic E-state index is 14.0. The molecule has 0 unspecified atom stereocenters. The van der Waals surface area contributed by atoms with Gasteiger partial charge in [0.05, 0.1) is 12.1 Å². The van der Waals surface area contributed by atoms with Crippen LogP contribution >= 0.6 is 0 Å². The lowest BCUT2D eigenvalue weighted by atomic mass is 9.94. The molecule has 450 valence electrons. The average Bonchev–Trinajstić information content (AvgIpc) is 3.65. The summed E-state index contributed by atoms with van der Waals surface area (Å²) in [6, 6.07) is 32.6. The molecule has 4 aromatic rings. The summed E-state index contributed by atoms with van der Waals surface area (Å²) in [6.07, 6.45) is 8.54. The van der Waals surface area contributed by atoms with E-state index >= 15 is 0 Å². The van der Waals surface area contributed by atoms with Crippen molar-refractivity contribution in [2.45, 2.75) is 151 Å². The molecule has 10 atom stereocenters. The number of nitrogens with zero attached hydrogens (tertiary/aromatic N) is 2. The van der Waals surface area contributed by atoms with Crippen LogP contribution in [0, 0.1) is 11.8 Å². The van der Waals surface area contributed by atoms with Crippen LogP contribution in [0.15, 0.2) is 121 Å². The zero-order valence-corrected chi connectivity index (χ0v) is 48.2. The van der Waals surface area contributed by atoms with Crippen LogP contribution in [0.2, 0.25) is 0 Å². The number of amides is 8. The number of hydrogen-bond donors (Lipinski definition) is 10. The van der Waals surface area contributed by atoms with E-state index < -0.39 is 59.9 Å². The third-order valence-electron chi connectivity index (χ3n) is 17.0. The Kier molecular flexibility index (Phi) is 23.8. The van der Waals surface area contributed by atoms with Gasteiger partial charge in [0.25, 0.3) is 0 Å². The van der Waals surface area contributed by atoms with Gasteiger partial charge in [-0.1, -0.05) is 134 Å². The molecule has 4 aliphatic heterocycles. The van der Waals surface area contributed by atoms with Gasteiger partial charge in [-0.05, 0) is 98.3 Å². The van der Waals surface area contributed by atoms with Crippen molar-refractivity contribution in [1.82, 2.24) is 52.3 Å². The molecule has 0 spiro atoms. The summed E-state index contributed by atoms with van der Waals surface area (Å²) in [7, 11) is 0. The van der Waals surface area contributed by atoms with E-state index in [2.05, 4.69) is 42.5 Å². The van der Waals surface area contributed by atoms with Gasteiger partial charge >= 0.3 is 0 Å². The molecule has 4 saturated heterocycles. The van der Waals surface area contributed by atoms with E-state index in [0.717, 1.165) is 49.7 Å². The SMILES string of the molecule is N[C@@H]1C(=O)N2[C@@H](CC[C@@H]1CNCc1ccccc1)CC[C@H]2C(=O)N[C@H](C(=O)NCCNC(=O)CCCCCCC(=O)NCCNC(=O)[C@@H](NC(=O)[C@@H]1CC[C@@H]2CC[C@H](CNCc3ccccc3)[C@H](N)C(=O)N21)c1ccccc1)c1ccccc1. The molecular weight excluding hydrogens is 1060 g/mol. The first-order valence-corrected chi connectivity index (χ1v) is 30.3. The van der Waals surface area contributed by atoms with Gasteiger partial charge in [-0.25, -0.2) is 0 Å². The Labute approximate surface area is 493 Å². The minimum atomic E-state index is -1.03. The molecule has 4 aliphatic rings. The molecule has 4 fully saturated rings. The van der Waals surface area contributed by atoms with Crippen molar-refractivity contribution in [3.63, 3.8) is 0 Å². The number of nitrogens with two attached hydrogens (primary N) is 2. The van der Waals surface area contributed by atoms with Gasteiger partial charge in [0, 0.05) is 77.3 Å². The fourth-order valence-electron chi connectivity index (χ4n) is 12.3. The molecule has 8 rings (SSSR count). The average molecular weight is 1150 g/mol. The Morgan fingerprint density at radius 2 is 0.786 bits per heavy atom. The molecule has 4 aromatic carbocycles. The predicted molar refractivity (Wildman–Crippen MR) is 319 cm³/mol. The Morgan fingerprint density at radius 1 is 0.440 bits per heavy atom. The minimum absolute atomic E-state index is 0.0816.